The van der Waals surface area contributed by atoms with Crippen LogP contribution in [0.1, 0.15) is 10.4 Å². The van der Waals surface area contributed by atoms with E-state index in [1.165, 1.54) is 24.3 Å². The predicted molar refractivity (Wildman–Crippen MR) is 69.4 cm³/mol. The molecule has 0 saturated carbocycles. The third-order valence-electron chi connectivity index (χ3n) is 2.10. The average molecular weight is 260 g/mol. The zero-order valence-corrected chi connectivity index (χ0v) is 10.1. The van der Waals surface area contributed by atoms with Gasteiger partial charge in [0.1, 0.15) is 5.76 Å². The summed E-state index contributed by atoms with van der Waals surface area (Å²) < 4.78 is 4.95. The zero-order valence-electron chi connectivity index (χ0n) is 10.1. The maximum atomic E-state index is 11.6. The van der Waals surface area contributed by atoms with E-state index in [0.29, 0.717) is 6.54 Å². The smallest absolute Gasteiger partial charge is 0.343 e. The van der Waals surface area contributed by atoms with E-state index >= 15 is 0 Å². The van der Waals surface area contributed by atoms with E-state index in [1.54, 1.807) is 0 Å². The molecule has 19 heavy (non-hydrogen) atoms. The molecule has 0 spiro atoms. The summed E-state index contributed by atoms with van der Waals surface area (Å²) in [6.07, 6.45) is 5.04. The van der Waals surface area contributed by atoms with Crippen molar-refractivity contribution in [3.63, 3.8) is 0 Å². The molecule has 98 valence electrons. The molecule has 0 aliphatic heterocycles. The lowest BCUT2D eigenvalue weighted by molar-refractivity contribution is -0.384. The Morgan fingerprint density at radius 2 is 2.11 bits per heavy atom. The van der Waals surface area contributed by atoms with Gasteiger partial charge in [-0.2, -0.15) is 0 Å². The van der Waals surface area contributed by atoms with Crippen LogP contribution in [-0.2, 0) is 4.74 Å². The lowest BCUT2D eigenvalue weighted by atomic mass is 10.2. The van der Waals surface area contributed by atoms with Gasteiger partial charge in [-0.3, -0.25) is 15.4 Å². The molecule has 0 saturated heterocycles. The monoisotopic (exact) mass is 260 g/mol. The molecule has 1 aromatic rings. The summed E-state index contributed by atoms with van der Waals surface area (Å²) in [5, 5.41) is 13.3. The van der Waals surface area contributed by atoms with E-state index in [0.717, 1.165) is 0 Å². The van der Waals surface area contributed by atoms with Crippen molar-refractivity contribution in [3.05, 3.63) is 52.3 Å². The fourth-order valence-corrected chi connectivity index (χ4v) is 1.22. The highest BCUT2D eigenvalue weighted by atomic mass is 16.6. The van der Waals surface area contributed by atoms with Gasteiger partial charge in [0, 0.05) is 12.1 Å². The molecule has 0 heterocycles. The van der Waals surface area contributed by atoms with E-state index in [2.05, 4.69) is 17.8 Å². The molecular weight excluding hydrogens is 248 g/mol. The van der Waals surface area contributed by atoms with Gasteiger partial charge in [0.25, 0.3) is 5.69 Å². The number of esters is 1. The third kappa shape index (κ3) is 4.61. The van der Waals surface area contributed by atoms with E-state index in [4.69, 9.17) is 11.2 Å². The number of terminal acetylenes is 1. The van der Waals surface area contributed by atoms with E-state index in [9.17, 15) is 14.9 Å². The van der Waals surface area contributed by atoms with Crippen molar-refractivity contribution >= 4 is 11.7 Å². The lowest BCUT2D eigenvalue weighted by Gasteiger charge is -2.07. The number of nitro groups is 1. The van der Waals surface area contributed by atoms with Crippen LogP contribution >= 0.6 is 0 Å². The first-order valence-electron chi connectivity index (χ1n) is 5.33. The number of carbonyl (C=O) groups is 1. The Morgan fingerprint density at radius 3 is 2.63 bits per heavy atom. The highest BCUT2D eigenvalue weighted by molar-refractivity contribution is 5.90. The van der Waals surface area contributed by atoms with Crippen molar-refractivity contribution in [2.45, 2.75) is 0 Å². The van der Waals surface area contributed by atoms with Crippen molar-refractivity contribution in [1.29, 1.82) is 0 Å². The molecule has 0 fully saturated rings. The van der Waals surface area contributed by atoms with Crippen LogP contribution in [0.2, 0.25) is 0 Å². The Kier molecular flexibility index (Phi) is 5.26. The second-order valence-electron chi connectivity index (χ2n) is 3.54. The highest BCUT2D eigenvalue weighted by Gasteiger charge is 2.11. The van der Waals surface area contributed by atoms with Crippen molar-refractivity contribution in [1.82, 2.24) is 5.32 Å². The molecule has 0 aliphatic carbocycles. The topological polar surface area (TPSA) is 81.5 Å². The van der Waals surface area contributed by atoms with Crippen LogP contribution in [0.4, 0.5) is 5.69 Å². The number of ether oxygens (including phenoxy) is 1. The number of nitrogens with one attached hydrogen (secondary N) is 1. The molecule has 0 aromatic heterocycles. The minimum absolute atomic E-state index is 0.0916. The van der Waals surface area contributed by atoms with Gasteiger partial charge < -0.3 is 4.74 Å². The van der Waals surface area contributed by atoms with E-state index in [-0.39, 0.29) is 23.6 Å². The minimum Gasteiger partial charge on any atom is -0.427 e. The molecule has 0 amide bonds. The SMILES string of the molecule is C#CCNCC(=C)OC(=O)c1ccc([N+](=O)[O-])cc1. The Balaban J connectivity index is 2.56. The molecule has 6 heteroatoms. The molecular formula is C13H12N2O4. The van der Waals surface area contributed by atoms with Crippen LogP contribution in [-0.4, -0.2) is 24.0 Å². The van der Waals surface area contributed by atoms with Gasteiger partial charge in [0.2, 0.25) is 0 Å². The first kappa shape index (κ1) is 14.4. The van der Waals surface area contributed by atoms with Gasteiger partial charge >= 0.3 is 5.97 Å². The number of nitro benzene ring substituents is 1. The number of carbonyl (C=O) groups excluding carboxylic acids is 1. The summed E-state index contributed by atoms with van der Waals surface area (Å²) in [5.74, 6) is 1.97. The lowest BCUT2D eigenvalue weighted by Crippen LogP contribution is -2.19. The third-order valence-corrected chi connectivity index (χ3v) is 2.10. The molecule has 1 aromatic carbocycles. The predicted octanol–water partition coefficient (Wildman–Crippen LogP) is 1.49. The fourth-order valence-electron chi connectivity index (χ4n) is 1.22. The molecule has 0 radical (unpaired) electrons. The molecule has 0 aliphatic rings. The number of rotatable bonds is 6. The molecule has 1 N–H and O–H groups in total. The van der Waals surface area contributed by atoms with Crippen LogP contribution in [0.3, 0.4) is 0 Å². The molecule has 6 nitrogen and oxygen atoms in total. The highest BCUT2D eigenvalue weighted by Crippen LogP contribution is 2.13. The molecule has 1 rings (SSSR count). The molecule has 0 unspecified atom stereocenters. The van der Waals surface area contributed by atoms with Crippen molar-refractivity contribution in [2.24, 2.45) is 0 Å². The zero-order chi connectivity index (χ0) is 14.3. The second-order valence-corrected chi connectivity index (χ2v) is 3.54. The van der Waals surface area contributed by atoms with Gasteiger partial charge in [0.05, 0.1) is 23.6 Å². The summed E-state index contributed by atoms with van der Waals surface area (Å²) in [5.41, 5.74) is 0.120. The average Bonchev–Trinajstić information content (AvgIpc) is 2.39. The Morgan fingerprint density at radius 1 is 1.47 bits per heavy atom. The van der Waals surface area contributed by atoms with Gasteiger partial charge in [-0.25, -0.2) is 4.79 Å². The maximum Gasteiger partial charge on any atom is 0.343 e. The van der Waals surface area contributed by atoms with Crippen molar-refractivity contribution in [2.75, 3.05) is 13.1 Å². The Labute approximate surface area is 110 Å². The van der Waals surface area contributed by atoms with Crippen LogP contribution < -0.4 is 5.32 Å². The number of non-ortho nitro benzene ring substituents is 1. The van der Waals surface area contributed by atoms with Gasteiger partial charge in [-0.05, 0) is 12.1 Å². The quantitative estimate of drug-likeness (QED) is 0.209. The van der Waals surface area contributed by atoms with Crippen molar-refractivity contribution < 1.29 is 14.5 Å². The molecule has 0 atom stereocenters. The number of nitrogens with zero attached hydrogens (tertiary/aromatic N) is 1. The standard InChI is InChI=1S/C13H12N2O4/c1-3-8-14-9-10(2)19-13(16)11-4-6-12(7-5-11)15(17)18/h1,4-7,14H,2,8-9H2. The first-order valence-corrected chi connectivity index (χ1v) is 5.33. The summed E-state index contributed by atoms with van der Waals surface area (Å²) in [4.78, 5) is 21.6. The van der Waals surface area contributed by atoms with Gasteiger partial charge in [0.15, 0.2) is 0 Å². The summed E-state index contributed by atoms with van der Waals surface area (Å²) in [6, 6.07) is 5.11. The van der Waals surface area contributed by atoms with Crippen LogP contribution in [0, 0.1) is 22.5 Å². The Hall–Kier alpha value is -2.65. The Bertz CT molecular complexity index is 529. The van der Waals surface area contributed by atoms with Crippen LogP contribution in [0.5, 0.6) is 0 Å². The largest absolute Gasteiger partial charge is 0.427 e. The number of benzene rings is 1. The molecule has 0 bridgehead atoms. The van der Waals surface area contributed by atoms with Gasteiger partial charge in [-0.15, -0.1) is 6.42 Å². The van der Waals surface area contributed by atoms with E-state index in [1.807, 2.05) is 0 Å². The minimum atomic E-state index is -0.623. The summed E-state index contributed by atoms with van der Waals surface area (Å²) >= 11 is 0. The van der Waals surface area contributed by atoms with Crippen molar-refractivity contribution in [3.8, 4) is 12.3 Å². The number of hydrogen-bond acceptors (Lipinski definition) is 5. The second kappa shape index (κ2) is 6.93. The normalized spacial score (nSPS) is 9.42. The number of hydrogen-bond donors (Lipinski definition) is 1. The summed E-state index contributed by atoms with van der Waals surface area (Å²) in [6.45, 7) is 4.15. The van der Waals surface area contributed by atoms with Crippen LogP contribution in [0.25, 0.3) is 0 Å². The van der Waals surface area contributed by atoms with Gasteiger partial charge in [-0.1, -0.05) is 12.5 Å². The van der Waals surface area contributed by atoms with E-state index < -0.39 is 10.9 Å². The summed E-state index contributed by atoms with van der Waals surface area (Å²) in [7, 11) is 0. The van der Waals surface area contributed by atoms with Crippen LogP contribution in [0.15, 0.2) is 36.6 Å². The maximum absolute atomic E-state index is 11.6. The first-order chi connectivity index (χ1) is 9.04. The fraction of sp³-hybridized carbons (Fsp3) is 0.154.